The summed E-state index contributed by atoms with van der Waals surface area (Å²) in [6, 6.07) is 14.7. The van der Waals surface area contributed by atoms with E-state index < -0.39 is 17.6 Å². The monoisotopic (exact) mass is 502 g/mol. The van der Waals surface area contributed by atoms with Gasteiger partial charge in [0.1, 0.15) is 0 Å². The van der Waals surface area contributed by atoms with Gasteiger partial charge in [-0.05, 0) is 55.5 Å². The smallest absolute Gasteiger partial charge is 0.372 e. The van der Waals surface area contributed by atoms with Crippen molar-refractivity contribution in [2.24, 2.45) is 5.92 Å². The molecule has 0 bridgehead atoms. The Balaban J connectivity index is 1.23. The standard InChI is InChI=1S/C28H33F3N2O3/c29-28(30,31)23-10-6-9-22(16-23)27(35)32-17-24(34)15-21-13-14-33(18-21)25-11-4-5-12-26(25)36-19-20-7-2-1-3-8-20/h1-3,6-10,16,21,25-26H,4-5,11-15,17-19H2,(H,32,35)/t21-,25?,26-/m0/s1. The highest BCUT2D eigenvalue weighted by atomic mass is 19.4. The number of Topliss-reactive ketones (excluding diaryl/α,β-unsaturated/α-hetero) is 1. The van der Waals surface area contributed by atoms with Gasteiger partial charge in [-0.2, -0.15) is 13.2 Å². The summed E-state index contributed by atoms with van der Waals surface area (Å²) < 4.78 is 45.0. The molecule has 194 valence electrons. The van der Waals surface area contributed by atoms with Crippen molar-refractivity contribution in [2.45, 2.75) is 63.5 Å². The Kier molecular flexibility index (Phi) is 8.80. The second kappa shape index (κ2) is 12.0. The second-order valence-corrected chi connectivity index (χ2v) is 9.84. The summed E-state index contributed by atoms with van der Waals surface area (Å²) >= 11 is 0. The molecular formula is C28H33F3N2O3. The number of hydrogen-bond acceptors (Lipinski definition) is 4. The minimum Gasteiger partial charge on any atom is -0.372 e. The van der Waals surface area contributed by atoms with E-state index in [1.54, 1.807) is 0 Å². The quantitative estimate of drug-likeness (QED) is 0.509. The average Bonchev–Trinajstić information content (AvgIpc) is 3.34. The number of hydrogen-bond donors (Lipinski definition) is 1. The fourth-order valence-electron chi connectivity index (χ4n) is 5.31. The summed E-state index contributed by atoms with van der Waals surface area (Å²) in [7, 11) is 0. The van der Waals surface area contributed by atoms with Crippen LogP contribution in [-0.4, -0.2) is 48.4 Å². The molecule has 1 aliphatic heterocycles. The van der Waals surface area contributed by atoms with E-state index in [1.165, 1.54) is 24.1 Å². The number of likely N-dealkylation sites (tertiary alicyclic amines) is 1. The van der Waals surface area contributed by atoms with Crippen LogP contribution in [0.15, 0.2) is 54.6 Å². The van der Waals surface area contributed by atoms with Gasteiger partial charge in [0.15, 0.2) is 5.78 Å². The van der Waals surface area contributed by atoms with Crippen molar-refractivity contribution in [3.8, 4) is 0 Å². The van der Waals surface area contributed by atoms with Crippen LogP contribution in [0.2, 0.25) is 0 Å². The zero-order valence-corrected chi connectivity index (χ0v) is 20.3. The third kappa shape index (κ3) is 7.17. The molecule has 5 nitrogen and oxygen atoms in total. The topological polar surface area (TPSA) is 58.6 Å². The molecule has 0 radical (unpaired) electrons. The lowest BCUT2D eigenvalue weighted by atomic mass is 9.91. The van der Waals surface area contributed by atoms with E-state index in [-0.39, 0.29) is 29.9 Å². The molecular weight excluding hydrogens is 469 g/mol. The zero-order valence-electron chi connectivity index (χ0n) is 20.3. The fraction of sp³-hybridized carbons (Fsp3) is 0.500. The number of rotatable bonds is 9. The van der Waals surface area contributed by atoms with Crippen LogP contribution >= 0.6 is 0 Å². The van der Waals surface area contributed by atoms with Crippen LogP contribution < -0.4 is 5.32 Å². The van der Waals surface area contributed by atoms with E-state index in [9.17, 15) is 22.8 Å². The minimum atomic E-state index is -4.52. The average molecular weight is 503 g/mol. The van der Waals surface area contributed by atoms with Crippen LogP contribution in [-0.2, 0) is 22.3 Å². The molecule has 2 aliphatic rings. The van der Waals surface area contributed by atoms with E-state index >= 15 is 0 Å². The predicted octanol–water partition coefficient (Wildman–Crippen LogP) is 5.24. The largest absolute Gasteiger partial charge is 0.416 e. The van der Waals surface area contributed by atoms with Crippen LogP contribution in [0.1, 0.15) is 60.0 Å². The molecule has 3 atom stereocenters. The first-order valence-corrected chi connectivity index (χ1v) is 12.7. The maximum atomic E-state index is 12.9. The Bertz CT molecular complexity index is 1030. The lowest BCUT2D eigenvalue weighted by Gasteiger charge is -2.38. The van der Waals surface area contributed by atoms with Crippen molar-refractivity contribution < 1.29 is 27.5 Å². The van der Waals surface area contributed by atoms with Gasteiger partial charge in [0.25, 0.3) is 5.91 Å². The molecule has 1 N–H and O–H groups in total. The molecule has 1 unspecified atom stereocenters. The van der Waals surface area contributed by atoms with Crippen molar-refractivity contribution in [3.05, 3.63) is 71.3 Å². The van der Waals surface area contributed by atoms with E-state index in [2.05, 4.69) is 22.3 Å². The summed E-state index contributed by atoms with van der Waals surface area (Å²) in [5.41, 5.74) is 0.170. The molecule has 4 rings (SSSR count). The van der Waals surface area contributed by atoms with Gasteiger partial charge in [-0.25, -0.2) is 0 Å². The lowest BCUT2D eigenvalue weighted by molar-refractivity contribution is -0.137. The van der Waals surface area contributed by atoms with Crippen molar-refractivity contribution in [3.63, 3.8) is 0 Å². The molecule has 1 aliphatic carbocycles. The molecule has 1 saturated carbocycles. The lowest BCUT2D eigenvalue weighted by Crippen LogP contribution is -2.45. The predicted molar refractivity (Wildman–Crippen MR) is 130 cm³/mol. The van der Waals surface area contributed by atoms with Crippen molar-refractivity contribution >= 4 is 11.7 Å². The van der Waals surface area contributed by atoms with Crippen LogP contribution in [0.4, 0.5) is 13.2 Å². The number of benzene rings is 2. The molecule has 2 aromatic rings. The molecule has 8 heteroatoms. The number of carbonyl (C=O) groups excluding carboxylic acids is 2. The van der Waals surface area contributed by atoms with Crippen LogP contribution in [0.25, 0.3) is 0 Å². The van der Waals surface area contributed by atoms with E-state index in [1.807, 2.05) is 18.2 Å². The van der Waals surface area contributed by atoms with Gasteiger partial charge in [0, 0.05) is 24.6 Å². The van der Waals surface area contributed by atoms with Gasteiger partial charge in [-0.15, -0.1) is 0 Å². The maximum Gasteiger partial charge on any atom is 0.416 e. The Morgan fingerprint density at radius 1 is 1.00 bits per heavy atom. The molecule has 2 aromatic carbocycles. The highest BCUT2D eigenvalue weighted by Gasteiger charge is 2.36. The molecule has 2 fully saturated rings. The Morgan fingerprint density at radius 3 is 2.56 bits per heavy atom. The number of halogens is 3. The first-order chi connectivity index (χ1) is 17.3. The number of nitrogens with zero attached hydrogens (tertiary/aromatic N) is 1. The molecule has 36 heavy (non-hydrogen) atoms. The highest BCUT2D eigenvalue weighted by molar-refractivity contribution is 5.96. The SMILES string of the molecule is O=C(CNC(=O)c1cccc(C(F)(F)F)c1)C[C@@H]1CCN(C2CCCC[C@@H]2OCc2ccccc2)C1. The molecule has 0 aromatic heterocycles. The summed E-state index contributed by atoms with van der Waals surface area (Å²) in [5, 5.41) is 2.48. The first-order valence-electron chi connectivity index (χ1n) is 12.7. The molecule has 1 heterocycles. The van der Waals surface area contributed by atoms with Crippen molar-refractivity contribution in [1.82, 2.24) is 10.2 Å². The Hall–Kier alpha value is -2.71. The second-order valence-electron chi connectivity index (χ2n) is 9.84. The number of ketones is 1. The summed E-state index contributed by atoms with van der Waals surface area (Å²) in [5.74, 6) is -0.578. The molecule has 1 amide bonds. The first kappa shape index (κ1) is 26.4. The fourth-order valence-corrected chi connectivity index (χ4v) is 5.31. The van der Waals surface area contributed by atoms with Gasteiger partial charge in [0.05, 0.1) is 24.8 Å². The summed E-state index contributed by atoms with van der Waals surface area (Å²) in [6.07, 6.45) is 1.39. The maximum absolute atomic E-state index is 12.9. The minimum absolute atomic E-state index is 0.108. The summed E-state index contributed by atoms with van der Waals surface area (Å²) in [4.78, 5) is 27.3. The summed E-state index contributed by atoms with van der Waals surface area (Å²) in [6.45, 7) is 2.16. The molecule has 1 saturated heterocycles. The van der Waals surface area contributed by atoms with E-state index in [0.29, 0.717) is 19.1 Å². The van der Waals surface area contributed by atoms with E-state index in [0.717, 1.165) is 50.9 Å². The number of ether oxygens (including phenoxy) is 1. The number of amides is 1. The van der Waals surface area contributed by atoms with E-state index in [4.69, 9.17) is 4.74 Å². The van der Waals surface area contributed by atoms with Gasteiger partial charge < -0.3 is 10.1 Å². The van der Waals surface area contributed by atoms with Crippen LogP contribution in [0.3, 0.4) is 0 Å². The third-order valence-electron chi connectivity index (χ3n) is 7.18. The Labute approximate surface area is 210 Å². The normalized spacial score (nSPS) is 22.9. The Morgan fingerprint density at radius 2 is 1.78 bits per heavy atom. The van der Waals surface area contributed by atoms with Crippen LogP contribution in [0.5, 0.6) is 0 Å². The number of alkyl halides is 3. The van der Waals surface area contributed by atoms with Gasteiger partial charge in [-0.3, -0.25) is 14.5 Å². The van der Waals surface area contributed by atoms with Crippen LogP contribution in [0, 0.1) is 5.92 Å². The third-order valence-corrected chi connectivity index (χ3v) is 7.18. The number of carbonyl (C=O) groups is 2. The van der Waals surface area contributed by atoms with Gasteiger partial charge >= 0.3 is 6.18 Å². The van der Waals surface area contributed by atoms with Crippen molar-refractivity contribution in [2.75, 3.05) is 19.6 Å². The van der Waals surface area contributed by atoms with Gasteiger partial charge in [-0.1, -0.05) is 49.2 Å². The van der Waals surface area contributed by atoms with Gasteiger partial charge in [0.2, 0.25) is 0 Å². The van der Waals surface area contributed by atoms with Crippen molar-refractivity contribution in [1.29, 1.82) is 0 Å². The number of nitrogens with one attached hydrogen (secondary N) is 1. The highest BCUT2D eigenvalue weighted by Crippen LogP contribution is 2.32. The molecule has 0 spiro atoms. The zero-order chi connectivity index (χ0) is 25.5.